The summed E-state index contributed by atoms with van der Waals surface area (Å²) < 4.78 is 1.30. The fraction of sp³-hybridized carbons (Fsp3) is 0.267. The van der Waals surface area contributed by atoms with Gasteiger partial charge in [-0.05, 0) is 12.5 Å². The molecule has 0 aliphatic rings. The van der Waals surface area contributed by atoms with Crippen LogP contribution in [0.4, 0.5) is 11.5 Å². The van der Waals surface area contributed by atoms with Crippen molar-refractivity contribution in [2.24, 2.45) is 0 Å². The molecule has 3 N–H and O–H groups in total. The largest absolute Gasteiger partial charge is 0.383 e. The highest BCUT2D eigenvalue weighted by atomic mass is 16.2. The van der Waals surface area contributed by atoms with E-state index in [1.54, 1.807) is 0 Å². The summed E-state index contributed by atoms with van der Waals surface area (Å²) in [7, 11) is 0. The number of benzene rings is 1. The molecular weight excluding hydrogens is 282 g/mol. The summed E-state index contributed by atoms with van der Waals surface area (Å²) in [5.74, 6) is 0.0645. The minimum Gasteiger partial charge on any atom is -0.383 e. The molecule has 0 bridgehead atoms. The molecule has 0 saturated heterocycles. The summed E-state index contributed by atoms with van der Waals surface area (Å²) >= 11 is 0. The van der Waals surface area contributed by atoms with Gasteiger partial charge in [-0.25, -0.2) is 4.79 Å². The van der Waals surface area contributed by atoms with E-state index in [0.717, 1.165) is 5.56 Å². The number of hydrogen-bond donors (Lipinski definition) is 2. The maximum atomic E-state index is 12.0. The Kier molecular flexibility index (Phi) is 4.63. The van der Waals surface area contributed by atoms with Gasteiger partial charge < -0.3 is 10.6 Å². The minimum absolute atomic E-state index is 0.0212. The summed E-state index contributed by atoms with van der Waals surface area (Å²) in [5.41, 5.74) is 5.92. The number of nitriles is 1. The molecule has 2 aromatic rings. The number of H-pyrrole nitrogens is 1. The van der Waals surface area contributed by atoms with E-state index < -0.39 is 11.2 Å². The molecule has 2 rings (SSSR count). The fourth-order valence-electron chi connectivity index (χ4n) is 2.24. The monoisotopic (exact) mass is 299 g/mol. The van der Waals surface area contributed by atoms with E-state index in [1.807, 2.05) is 43.3 Å². The Hall–Kier alpha value is -3.01. The number of nitrogens with two attached hydrogens (primary N) is 1. The van der Waals surface area contributed by atoms with E-state index in [9.17, 15) is 9.59 Å². The zero-order chi connectivity index (χ0) is 16.1. The van der Waals surface area contributed by atoms with Gasteiger partial charge in [0.05, 0.1) is 12.6 Å². The van der Waals surface area contributed by atoms with Crippen LogP contribution in [-0.4, -0.2) is 22.6 Å². The van der Waals surface area contributed by atoms with Crippen LogP contribution < -0.4 is 21.9 Å². The highest BCUT2D eigenvalue weighted by Crippen LogP contribution is 2.16. The molecule has 0 amide bonds. The van der Waals surface area contributed by atoms with E-state index in [1.165, 1.54) is 9.47 Å². The number of hydrogen-bond acceptors (Lipinski definition) is 5. The molecule has 0 unspecified atom stereocenters. The zero-order valence-electron chi connectivity index (χ0n) is 12.2. The van der Waals surface area contributed by atoms with Gasteiger partial charge in [-0.2, -0.15) is 5.26 Å². The number of nitrogens with one attached hydrogen (secondary N) is 1. The third kappa shape index (κ3) is 3.01. The molecule has 0 radical (unpaired) electrons. The molecular formula is C15H17N5O2. The SMILES string of the molecule is CCN(CC#N)c1c(N)n(Cc2ccccc2)c(=O)[nH]c1=O. The molecule has 7 heteroatoms. The number of anilines is 2. The smallest absolute Gasteiger partial charge is 0.330 e. The summed E-state index contributed by atoms with van der Waals surface area (Å²) in [6.07, 6.45) is 0. The van der Waals surface area contributed by atoms with Crippen molar-refractivity contribution in [3.8, 4) is 6.07 Å². The lowest BCUT2D eigenvalue weighted by Crippen LogP contribution is -2.38. The molecule has 0 atom stereocenters. The van der Waals surface area contributed by atoms with Crippen LogP contribution in [0.15, 0.2) is 39.9 Å². The molecule has 7 nitrogen and oxygen atoms in total. The Morgan fingerprint density at radius 2 is 2.00 bits per heavy atom. The van der Waals surface area contributed by atoms with Crippen LogP contribution in [0.2, 0.25) is 0 Å². The van der Waals surface area contributed by atoms with Gasteiger partial charge in [-0.1, -0.05) is 30.3 Å². The van der Waals surface area contributed by atoms with Gasteiger partial charge in [0.15, 0.2) is 0 Å². The van der Waals surface area contributed by atoms with Crippen molar-refractivity contribution in [2.45, 2.75) is 13.5 Å². The first-order chi connectivity index (χ1) is 10.6. The van der Waals surface area contributed by atoms with Crippen LogP contribution in [0, 0.1) is 11.3 Å². The van der Waals surface area contributed by atoms with Crippen LogP contribution >= 0.6 is 0 Å². The lowest BCUT2D eigenvalue weighted by molar-refractivity contribution is 0.725. The average Bonchev–Trinajstić information content (AvgIpc) is 2.51. The van der Waals surface area contributed by atoms with Crippen LogP contribution in [-0.2, 0) is 6.54 Å². The molecule has 1 aromatic heterocycles. The first kappa shape index (κ1) is 15.4. The molecule has 22 heavy (non-hydrogen) atoms. The molecule has 1 aromatic carbocycles. The Bertz CT molecular complexity index is 801. The zero-order valence-corrected chi connectivity index (χ0v) is 12.2. The van der Waals surface area contributed by atoms with Crippen LogP contribution in [0.5, 0.6) is 0 Å². The predicted octanol–water partition coefficient (Wildman–Crippen LogP) is 0.517. The van der Waals surface area contributed by atoms with E-state index in [-0.39, 0.29) is 24.6 Å². The lowest BCUT2D eigenvalue weighted by atomic mass is 10.2. The molecule has 0 aliphatic heterocycles. The third-order valence-electron chi connectivity index (χ3n) is 3.36. The summed E-state index contributed by atoms with van der Waals surface area (Å²) in [4.78, 5) is 27.9. The van der Waals surface area contributed by atoms with Gasteiger partial charge in [0.2, 0.25) is 0 Å². The predicted molar refractivity (Wildman–Crippen MR) is 84.8 cm³/mol. The van der Waals surface area contributed by atoms with Crippen LogP contribution in [0.1, 0.15) is 12.5 Å². The van der Waals surface area contributed by atoms with Gasteiger partial charge in [-0.15, -0.1) is 0 Å². The standard InChI is InChI=1S/C15H17N5O2/c1-2-19(9-8-16)12-13(17)20(15(22)18-14(12)21)10-11-6-4-3-5-7-11/h3-7H,2,9-10,17H2,1H3,(H,18,21,22). The number of rotatable bonds is 5. The Labute approximate surface area is 127 Å². The highest BCUT2D eigenvalue weighted by Gasteiger charge is 2.17. The first-order valence-corrected chi connectivity index (χ1v) is 6.86. The van der Waals surface area contributed by atoms with Crippen LogP contribution in [0.3, 0.4) is 0 Å². The number of aromatic nitrogens is 2. The van der Waals surface area contributed by atoms with E-state index >= 15 is 0 Å². The van der Waals surface area contributed by atoms with Gasteiger partial charge in [0, 0.05) is 6.54 Å². The van der Waals surface area contributed by atoms with Crippen molar-refractivity contribution in [3.05, 3.63) is 56.7 Å². The number of aromatic amines is 1. The Balaban J connectivity index is 2.54. The second-order valence-corrected chi connectivity index (χ2v) is 4.74. The molecule has 0 aliphatic carbocycles. The molecule has 0 spiro atoms. The number of nitrogen functional groups attached to an aromatic ring is 1. The Morgan fingerprint density at radius 3 is 2.59 bits per heavy atom. The minimum atomic E-state index is -0.580. The number of nitrogens with zero attached hydrogens (tertiary/aromatic N) is 3. The average molecular weight is 299 g/mol. The van der Waals surface area contributed by atoms with E-state index in [0.29, 0.717) is 6.54 Å². The molecule has 0 fully saturated rings. The maximum Gasteiger partial charge on any atom is 0.330 e. The topological polar surface area (TPSA) is 108 Å². The van der Waals surface area contributed by atoms with Gasteiger partial charge in [0.1, 0.15) is 18.1 Å². The molecule has 1 heterocycles. The van der Waals surface area contributed by atoms with Crippen molar-refractivity contribution in [2.75, 3.05) is 23.7 Å². The van der Waals surface area contributed by atoms with Crippen molar-refractivity contribution >= 4 is 11.5 Å². The van der Waals surface area contributed by atoms with Crippen molar-refractivity contribution in [1.29, 1.82) is 5.26 Å². The van der Waals surface area contributed by atoms with Crippen molar-refractivity contribution < 1.29 is 0 Å². The lowest BCUT2D eigenvalue weighted by Gasteiger charge is -2.22. The third-order valence-corrected chi connectivity index (χ3v) is 3.36. The Morgan fingerprint density at radius 1 is 1.32 bits per heavy atom. The summed E-state index contributed by atoms with van der Waals surface area (Å²) in [6.45, 7) is 2.51. The van der Waals surface area contributed by atoms with Gasteiger partial charge >= 0.3 is 5.69 Å². The second kappa shape index (κ2) is 6.63. The first-order valence-electron chi connectivity index (χ1n) is 6.86. The maximum absolute atomic E-state index is 12.0. The fourth-order valence-corrected chi connectivity index (χ4v) is 2.24. The van der Waals surface area contributed by atoms with E-state index in [2.05, 4.69) is 4.98 Å². The molecule has 114 valence electrons. The van der Waals surface area contributed by atoms with Gasteiger partial charge in [0.25, 0.3) is 5.56 Å². The van der Waals surface area contributed by atoms with E-state index in [4.69, 9.17) is 11.0 Å². The normalized spacial score (nSPS) is 10.2. The van der Waals surface area contributed by atoms with Crippen molar-refractivity contribution in [3.63, 3.8) is 0 Å². The second-order valence-electron chi connectivity index (χ2n) is 4.74. The quantitative estimate of drug-likeness (QED) is 0.782. The van der Waals surface area contributed by atoms with Crippen molar-refractivity contribution in [1.82, 2.24) is 9.55 Å². The summed E-state index contributed by atoms with van der Waals surface area (Å²) in [5, 5.41) is 8.86. The van der Waals surface area contributed by atoms with Crippen LogP contribution in [0.25, 0.3) is 0 Å². The summed E-state index contributed by atoms with van der Waals surface area (Å²) in [6, 6.07) is 11.3. The molecule has 0 saturated carbocycles. The van der Waals surface area contributed by atoms with Gasteiger partial charge in [-0.3, -0.25) is 14.3 Å². The highest BCUT2D eigenvalue weighted by molar-refractivity contribution is 5.63.